The van der Waals surface area contributed by atoms with Crippen LogP contribution in [-0.4, -0.2) is 17.0 Å². The Balaban J connectivity index is 1.68. The molecule has 6 heteroatoms. The number of amides is 1. The molecule has 29 heavy (non-hydrogen) atoms. The fourth-order valence-electron chi connectivity index (χ4n) is 2.54. The summed E-state index contributed by atoms with van der Waals surface area (Å²) in [6.45, 7) is 0.322. The zero-order valence-electron chi connectivity index (χ0n) is 15.3. The maximum absolute atomic E-state index is 12.2. The smallest absolute Gasteiger partial charge is 0.352 e. The fourth-order valence-corrected chi connectivity index (χ4v) is 2.73. The van der Waals surface area contributed by atoms with E-state index in [0.717, 1.165) is 5.56 Å². The van der Waals surface area contributed by atoms with Gasteiger partial charge in [0.2, 0.25) is 0 Å². The Kier molecular flexibility index (Phi) is 6.66. The van der Waals surface area contributed by atoms with Crippen molar-refractivity contribution in [3.63, 3.8) is 0 Å². The summed E-state index contributed by atoms with van der Waals surface area (Å²) in [4.78, 5) is 23.7. The summed E-state index contributed by atoms with van der Waals surface area (Å²) in [7, 11) is 0. The van der Waals surface area contributed by atoms with E-state index < -0.39 is 11.9 Å². The lowest BCUT2D eigenvalue weighted by atomic mass is 10.1. The number of aliphatic carboxylic acids is 1. The predicted molar refractivity (Wildman–Crippen MR) is 112 cm³/mol. The van der Waals surface area contributed by atoms with E-state index in [1.807, 2.05) is 18.2 Å². The standard InChI is InChI=1S/C23H18ClNO4/c24-20-9-5-4-8-18(20)15-29-19-12-10-16(11-13-19)14-21(23(27)28)25-22(26)17-6-2-1-3-7-17/h1-14H,15H2,(H,25,26)(H,27,28). The summed E-state index contributed by atoms with van der Waals surface area (Å²) in [6, 6.07) is 22.7. The summed E-state index contributed by atoms with van der Waals surface area (Å²) in [5, 5.41) is 12.5. The Morgan fingerprint density at radius 1 is 0.931 bits per heavy atom. The van der Waals surface area contributed by atoms with Crippen LogP contribution in [0.2, 0.25) is 5.02 Å². The molecule has 0 aliphatic heterocycles. The quantitative estimate of drug-likeness (QED) is 0.553. The van der Waals surface area contributed by atoms with Crippen molar-refractivity contribution < 1.29 is 19.4 Å². The number of hydrogen-bond acceptors (Lipinski definition) is 3. The number of carbonyl (C=O) groups excluding carboxylic acids is 1. The summed E-state index contributed by atoms with van der Waals surface area (Å²) in [5.41, 5.74) is 1.64. The largest absolute Gasteiger partial charge is 0.489 e. The van der Waals surface area contributed by atoms with Crippen LogP contribution in [0.25, 0.3) is 6.08 Å². The van der Waals surface area contributed by atoms with Gasteiger partial charge in [-0.2, -0.15) is 0 Å². The lowest BCUT2D eigenvalue weighted by Crippen LogP contribution is -2.27. The number of benzene rings is 3. The van der Waals surface area contributed by atoms with Crippen LogP contribution in [0.5, 0.6) is 5.75 Å². The minimum Gasteiger partial charge on any atom is -0.489 e. The number of nitrogens with one attached hydrogen (secondary N) is 1. The van der Waals surface area contributed by atoms with Crippen molar-refractivity contribution in [3.05, 3.63) is 106 Å². The zero-order chi connectivity index (χ0) is 20.6. The van der Waals surface area contributed by atoms with Gasteiger partial charge in [0.05, 0.1) is 0 Å². The van der Waals surface area contributed by atoms with Gasteiger partial charge in [-0.1, -0.05) is 60.1 Å². The van der Waals surface area contributed by atoms with Gasteiger partial charge in [0.15, 0.2) is 0 Å². The van der Waals surface area contributed by atoms with Gasteiger partial charge in [0.25, 0.3) is 5.91 Å². The van der Waals surface area contributed by atoms with Crippen LogP contribution in [0, 0.1) is 0 Å². The van der Waals surface area contributed by atoms with Gasteiger partial charge in [-0.15, -0.1) is 0 Å². The van der Waals surface area contributed by atoms with Crippen molar-refractivity contribution in [2.75, 3.05) is 0 Å². The van der Waals surface area contributed by atoms with Gasteiger partial charge in [0, 0.05) is 16.1 Å². The minimum absolute atomic E-state index is 0.219. The van der Waals surface area contributed by atoms with E-state index in [9.17, 15) is 14.7 Å². The highest BCUT2D eigenvalue weighted by molar-refractivity contribution is 6.31. The van der Waals surface area contributed by atoms with E-state index >= 15 is 0 Å². The van der Waals surface area contributed by atoms with Crippen LogP contribution in [0.1, 0.15) is 21.5 Å². The van der Waals surface area contributed by atoms with Crippen molar-refractivity contribution >= 4 is 29.6 Å². The number of carbonyl (C=O) groups is 2. The molecule has 0 atom stereocenters. The SMILES string of the molecule is O=C(O)C(=Cc1ccc(OCc2ccccc2Cl)cc1)NC(=O)c1ccccc1. The maximum Gasteiger partial charge on any atom is 0.352 e. The average Bonchev–Trinajstić information content (AvgIpc) is 2.74. The molecule has 2 N–H and O–H groups in total. The third kappa shape index (κ3) is 5.70. The van der Waals surface area contributed by atoms with Crippen LogP contribution < -0.4 is 10.1 Å². The molecular formula is C23H18ClNO4. The van der Waals surface area contributed by atoms with Crippen molar-refractivity contribution in [3.8, 4) is 5.75 Å². The summed E-state index contributed by atoms with van der Waals surface area (Å²) < 4.78 is 5.71. The molecule has 3 aromatic rings. The highest BCUT2D eigenvalue weighted by Crippen LogP contribution is 2.19. The summed E-state index contributed by atoms with van der Waals surface area (Å²) in [5.74, 6) is -1.10. The average molecular weight is 408 g/mol. The van der Waals surface area contributed by atoms with Gasteiger partial charge in [0.1, 0.15) is 18.1 Å². The molecule has 0 bridgehead atoms. The Morgan fingerprint density at radius 3 is 2.24 bits per heavy atom. The van der Waals surface area contributed by atoms with E-state index in [1.165, 1.54) is 6.08 Å². The molecule has 0 aliphatic carbocycles. The number of hydrogen-bond donors (Lipinski definition) is 2. The lowest BCUT2D eigenvalue weighted by molar-refractivity contribution is -0.132. The molecule has 0 saturated carbocycles. The monoisotopic (exact) mass is 407 g/mol. The van der Waals surface area contributed by atoms with Gasteiger partial charge < -0.3 is 15.2 Å². The van der Waals surface area contributed by atoms with Crippen LogP contribution in [-0.2, 0) is 11.4 Å². The normalized spacial score (nSPS) is 11.0. The van der Waals surface area contributed by atoms with Crippen LogP contribution in [0.15, 0.2) is 84.6 Å². The van der Waals surface area contributed by atoms with Crippen molar-refractivity contribution in [1.29, 1.82) is 0 Å². The molecule has 146 valence electrons. The first kappa shape index (κ1) is 20.2. The fraction of sp³-hybridized carbons (Fsp3) is 0.0435. The second-order valence-corrected chi connectivity index (χ2v) is 6.54. The third-order valence-corrected chi connectivity index (χ3v) is 4.43. The number of rotatable bonds is 7. The van der Waals surface area contributed by atoms with Crippen LogP contribution in [0.4, 0.5) is 0 Å². The maximum atomic E-state index is 12.2. The molecular weight excluding hydrogens is 390 g/mol. The first-order valence-corrected chi connectivity index (χ1v) is 9.18. The molecule has 0 fully saturated rings. The Hall–Kier alpha value is -3.57. The van der Waals surface area contributed by atoms with Gasteiger partial charge in [-0.05, 0) is 42.0 Å². The van der Waals surface area contributed by atoms with E-state index in [1.54, 1.807) is 60.7 Å². The highest BCUT2D eigenvalue weighted by atomic mass is 35.5. The van der Waals surface area contributed by atoms with Crippen LogP contribution in [0.3, 0.4) is 0 Å². The van der Waals surface area contributed by atoms with Gasteiger partial charge in [-0.25, -0.2) is 4.79 Å². The predicted octanol–water partition coefficient (Wildman–Crippen LogP) is 4.77. The molecule has 0 heterocycles. The molecule has 0 spiro atoms. The second kappa shape index (κ2) is 9.57. The molecule has 0 aliphatic rings. The van der Waals surface area contributed by atoms with Crippen LogP contribution >= 0.6 is 11.6 Å². The lowest BCUT2D eigenvalue weighted by Gasteiger charge is -2.09. The molecule has 0 radical (unpaired) electrons. The Bertz CT molecular complexity index is 1030. The Morgan fingerprint density at radius 2 is 1.59 bits per heavy atom. The number of halogens is 1. The molecule has 0 saturated heterocycles. The van der Waals surface area contributed by atoms with E-state index in [0.29, 0.717) is 28.5 Å². The van der Waals surface area contributed by atoms with Gasteiger partial charge in [-0.3, -0.25) is 4.79 Å². The van der Waals surface area contributed by atoms with Crippen molar-refractivity contribution in [2.24, 2.45) is 0 Å². The topological polar surface area (TPSA) is 75.6 Å². The van der Waals surface area contributed by atoms with Gasteiger partial charge >= 0.3 is 5.97 Å². The van der Waals surface area contributed by atoms with E-state index in [2.05, 4.69) is 5.32 Å². The minimum atomic E-state index is -1.23. The molecule has 0 aromatic heterocycles. The molecule has 3 aromatic carbocycles. The first-order valence-electron chi connectivity index (χ1n) is 8.80. The van der Waals surface area contributed by atoms with Crippen molar-refractivity contribution in [1.82, 2.24) is 5.32 Å². The zero-order valence-corrected chi connectivity index (χ0v) is 16.1. The number of carboxylic acid groups (broad SMARTS) is 1. The molecule has 0 unspecified atom stereocenters. The first-order chi connectivity index (χ1) is 14.0. The summed E-state index contributed by atoms with van der Waals surface area (Å²) >= 11 is 6.11. The highest BCUT2D eigenvalue weighted by Gasteiger charge is 2.13. The molecule has 3 rings (SSSR count). The molecule has 1 amide bonds. The second-order valence-electron chi connectivity index (χ2n) is 6.13. The number of carboxylic acids is 1. The Labute approximate surface area is 173 Å². The third-order valence-electron chi connectivity index (χ3n) is 4.06. The van der Waals surface area contributed by atoms with E-state index in [4.69, 9.17) is 16.3 Å². The van der Waals surface area contributed by atoms with E-state index in [-0.39, 0.29) is 5.70 Å². The van der Waals surface area contributed by atoms with Crippen molar-refractivity contribution in [2.45, 2.75) is 6.61 Å². The number of ether oxygens (including phenoxy) is 1. The summed E-state index contributed by atoms with van der Waals surface area (Å²) in [6.07, 6.45) is 1.39. The molecule has 5 nitrogen and oxygen atoms in total.